The third-order valence-electron chi connectivity index (χ3n) is 4.92. The minimum Gasteiger partial charge on any atom is -0.355 e. The lowest BCUT2D eigenvalue weighted by atomic mass is 10.1. The van der Waals surface area contributed by atoms with E-state index in [9.17, 15) is 14.4 Å². The number of aromatic nitrogens is 2. The third kappa shape index (κ3) is 4.26. The second-order valence-electron chi connectivity index (χ2n) is 7.16. The quantitative estimate of drug-likeness (QED) is 0.504. The molecule has 0 aliphatic rings. The highest BCUT2D eigenvalue weighted by Crippen LogP contribution is 2.14. The first-order valence-electron chi connectivity index (χ1n) is 9.65. The molecule has 2 aromatic heterocycles. The maximum atomic E-state index is 12.6. The smallest absolute Gasteiger partial charge is 0.333 e. The standard InChI is InChI=1S/C23H21N3O3S/c1-15-2-4-16(5-3-15)10-12-24-20(27)14-17-6-8-18(9-7-17)26-22(28)21-19(11-13-30-21)25-23(26)29/h2-9,11,13H,10,12,14H2,1H3,(H,24,27)(H,25,29). The summed E-state index contributed by atoms with van der Waals surface area (Å²) in [5.74, 6) is -0.0649. The third-order valence-corrected chi connectivity index (χ3v) is 5.83. The Labute approximate surface area is 176 Å². The molecule has 30 heavy (non-hydrogen) atoms. The number of H-pyrrole nitrogens is 1. The van der Waals surface area contributed by atoms with Crippen LogP contribution in [0.25, 0.3) is 15.9 Å². The maximum Gasteiger partial charge on any atom is 0.333 e. The summed E-state index contributed by atoms with van der Waals surface area (Å²) in [6, 6.07) is 16.9. The van der Waals surface area contributed by atoms with Gasteiger partial charge in [-0.05, 0) is 48.1 Å². The van der Waals surface area contributed by atoms with Crippen LogP contribution in [0.3, 0.4) is 0 Å². The van der Waals surface area contributed by atoms with Gasteiger partial charge in [0.05, 0.1) is 17.6 Å². The SMILES string of the molecule is Cc1ccc(CCNC(=O)Cc2ccc(-n3c(=O)[nH]c4ccsc4c3=O)cc2)cc1. The molecule has 0 bridgehead atoms. The molecule has 0 aliphatic heterocycles. The molecule has 2 aromatic carbocycles. The molecule has 0 fully saturated rings. The van der Waals surface area contributed by atoms with E-state index in [-0.39, 0.29) is 17.9 Å². The van der Waals surface area contributed by atoms with Crippen LogP contribution in [0, 0.1) is 6.92 Å². The number of amides is 1. The highest BCUT2D eigenvalue weighted by Gasteiger charge is 2.11. The summed E-state index contributed by atoms with van der Waals surface area (Å²) in [6.07, 6.45) is 1.02. The fourth-order valence-electron chi connectivity index (χ4n) is 3.28. The van der Waals surface area contributed by atoms with Crippen LogP contribution in [0.5, 0.6) is 0 Å². The second kappa shape index (κ2) is 8.51. The van der Waals surface area contributed by atoms with Crippen LogP contribution < -0.4 is 16.6 Å². The van der Waals surface area contributed by atoms with Gasteiger partial charge in [-0.25, -0.2) is 9.36 Å². The number of carbonyl (C=O) groups excluding carboxylic acids is 1. The van der Waals surface area contributed by atoms with Crippen LogP contribution in [0.15, 0.2) is 69.6 Å². The normalized spacial score (nSPS) is 11.0. The summed E-state index contributed by atoms with van der Waals surface area (Å²) < 4.78 is 1.62. The molecule has 0 spiro atoms. The Bertz CT molecular complexity index is 1300. The van der Waals surface area contributed by atoms with Crippen molar-refractivity contribution < 1.29 is 4.79 Å². The number of nitrogens with zero attached hydrogens (tertiary/aromatic N) is 1. The van der Waals surface area contributed by atoms with Crippen LogP contribution in [0.4, 0.5) is 0 Å². The molecule has 0 saturated carbocycles. The number of carbonyl (C=O) groups is 1. The molecule has 7 heteroatoms. The minimum atomic E-state index is -0.479. The van der Waals surface area contributed by atoms with Gasteiger partial charge in [0, 0.05) is 6.54 Å². The number of aryl methyl sites for hydroxylation is 1. The molecule has 0 radical (unpaired) electrons. The summed E-state index contributed by atoms with van der Waals surface area (Å²) in [6.45, 7) is 2.62. The molecular weight excluding hydrogens is 398 g/mol. The predicted molar refractivity (Wildman–Crippen MR) is 120 cm³/mol. The monoisotopic (exact) mass is 419 g/mol. The summed E-state index contributed by atoms with van der Waals surface area (Å²) in [5, 5.41) is 4.70. The van der Waals surface area contributed by atoms with E-state index < -0.39 is 5.69 Å². The molecule has 1 amide bonds. The van der Waals surface area contributed by atoms with E-state index in [1.54, 1.807) is 35.7 Å². The van der Waals surface area contributed by atoms with Crippen molar-refractivity contribution in [1.29, 1.82) is 0 Å². The van der Waals surface area contributed by atoms with Crippen LogP contribution in [-0.4, -0.2) is 22.0 Å². The Morgan fingerprint density at radius 3 is 2.43 bits per heavy atom. The number of hydrogen-bond acceptors (Lipinski definition) is 4. The molecule has 6 nitrogen and oxygen atoms in total. The lowest BCUT2D eigenvalue weighted by molar-refractivity contribution is -0.120. The van der Waals surface area contributed by atoms with Gasteiger partial charge < -0.3 is 10.3 Å². The number of fused-ring (bicyclic) bond motifs is 1. The second-order valence-corrected chi connectivity index (χ2v) is 8.08. The van der Waals surface area contributed by atoms with Gasteiger partial charge >= 0.3 is 5.69 Å². The molecule has 0 aliphatic carbocycles. The zero-order valence-corrected chi connectivity index (χ0v) is 17.3. The topological polar surface area (TPSA) is 84.0 Å². The molecular formula is C23H21N3O3S. The van der Waals surface area contributed by atoms with Crippen LogP contribution in [0.2, 0.25) is 0 Å². The predicted octanol–water partition coefficient (Wildman–Crippen LogP) is 2.95. The van der Waals surface area contributed by atoms with Crippen molar-refractivity contribution in [3.05, 3.63) is 97.5 Å². The molecule has 4 aromatic rings. The van der Waals surface area contributed by atoms with Crippen molar-refractivity contribution in [2.45, 2.75) is 19.8 Å². The maximum absolute atomic E-state index is 12.6. The lowest BCUT2D eigenvalue weighted by Crippen LogP contribution is -2.33. The van der Waals surface area contributed by atoms with Crippen molar-refractivity contribution in [3.63, 3.8) is 0 Å². The molecule has 0 unspecified atom stereocenters. The van der Waals surface area contributed by atoms with Crippen LogP contribution >= 0.6 is 11.3 Å². The van der Waals surface area contributed by atoms with Crippen LogP contribution in [0.1, 0.15) is 16.7 Å². The number of thiophene rings is 1. The van der Waals surface area contributed by atoms with Crippen molar-refractivity contribution >= 4 is 27.5 Å². The van der Waals surface area contributed by atoms with E-state index in [2.05, 4.69) is 34.6 Å². The Balaban J connectivity index is 1.40. The van der Waals surface area contributed by atoms with Gasteiger partial charge in [-0.15, -0.1) is 11.3 Å². The number of benzene rings is 2. The summed E-state index contributed by atoms with van der Waals surface area (Å²) in [4.78, 5) is 39.9. The van der Waals surface area contributed by atoms with Gasteiger partial charge in [0.15, 0.2) is 0 Å². The van der Waals surface area contributed by atoms with E-state index in [0.717, 1.165) is 16.6 Å². The Hall–Kier alpha value is -3.45. The molecule has 2 N–H and O–H groups in total. The summed E-state index contributed by atoms with van der Waals surface area (Å²) in [5.41, 5.74) is 3.41. The molecule has 4 rings (SSSR count). The zero-order chi connectivity index (χ0) is 21.1. The molecule has 0 saturated heterocycles. The number of nitrogens with one attached hydrogen (secondary N) is 2. The fourth-order valence-corrected chi connectivity index (χ4v) is 4.06. The van der Waals surface area contributed by atoms with Gasteiger partial charge in [0.1, 0.15) is 4.70 Å². The van der Waals surface area contributed by atoms with Gasteiger partial charge in [-0.3, -0.25) is 9.59 Å². The van der Waals surface area contributed by atoms with E-state index in [1.165, 1.54) is 22.5 Å². The van der Waals surface area contributed by atoms with E-state index in [0.29, 0.717) is 22.4 Å². The molecule has 152 valence electrons. The van der Waals surface area contributed by atoms with Gasteiger partial charge in [0.2, 0.25) is 5.91 Å². The average Bonchev–Trinajstić information content (AvgIpc) is 3.19. The minimum absolute atomic E-state index is 0.0649. The van der Waals surface area contributed by atoms with Crippen molar-refractivity contribution in [3.8, 4) is 5.69 Å². The van der Waals surface area contributed by atoms with E-state index in [4.69, 9.17) is 0 Å². The van der Waals surface area contributed by atoms with Crippen molar-refractivity contribution in [1.82, 2.24) is 14.9 Å². The fraction of sp³-hybridized carbons (Fsp3) is 0.174. The van der Waals surface area contributed by atoms with E-state index >= 15 is 0 Å². The average molecular weight is 420 g/mol. The lowest BCUT2D eigenvalue weighted by Gasteiger charge is -2.08. The first-order chi connectivity index (χ1) is 14.5. The van der Waals surface area contributed by atoms with E-state index in [1.807, 2.05) is 6.92 Å². The first-order valence-corrected chi connectivity index (χ1v) is 10.5. The number of hydrogen-bond donors (Lipinski definition) is 2. The molecule has 2 heterocycles. The van der Waals surface area contributed by atoms with Gasteiger partial charge in [0.25, 0.3) is 5.56 Å². The van der Waals surface area contributed by atoms with Crippen molar-refractivity contribution in [2.75, 3.05) is 6.54 Å². The molecule has 0 atom stereocenters. The van der Waals surface area contributed by atoms with Gasteiger partial charge in [-0.1, -0.05) is 42.0 Å². The van der Waals surface area contributed by atoms with Gasteiger partial charge in [-0.2, -0.15) is 0 Å². The Kier molecular flexibility index (Phi) is 5.63. The largest absolute Gasteiger partial charge is 0.355 e. The number of aromatic amines is 1. The zero-order valence-electron chi connectivity index (χ0n) is 16.5. The summed E-state index contributed by atoms with van der Waals surface area (Å²) >= 11 is 1.29. The number of rotatable bonds is 6. The first kappa shape index (κ1) is 19.8. The van der Waals surface area contributed by atoms with Crippen molar-refractivity contribution in [2.24, 2.45) is 0 Å². The Morgan fingerprint density at radius 2 is 1.70 bits per heavy atom. The highest BCUT2D eigenvalue weighted by atomic mass is 32.1. The van der Waals surface area contributed by atoms with Crippen LogP contribution in [-0.2, 0) is 17.6 Å². The summed E-state index contributed by atoms with van der Waals surface area (Å²) in [7, 11) is 0. The highest BCUT2D eigenvalue weighted by molar-refractivity contribution is 7.17. The Morgan fingerprint density at radius 1 is 1.00 bits per heavy atom.